The standard InChI is InChI=1S/C13H25NO5/c1-13(2,3)19-12(15)14-5-6-17-9-11(14)10-18-8-7-16-4/h11H,5-10H2,1-4H3. The molecule has 1 aliphatic heterocycles. The Kier molecular flexibility index (Phi) is 6.54. The third-order valence-electron chi connectivity index (χ3n) is 2.60. The number of carbonyl (C=O) groups is 1. The molecule has 6 nitrogen and oxygen atoms in total. The molecule has 19 heavy (non-hydrogen) atoms. The topological polar surface area (TPSA) is 57.2 Å². The Hall–Kier alpha value is -0.850. The van der Waals surface area contributed by atoms with E-state index in [9.17, 15) is 4.79 Å². The highest BCUT2D eigenvalue weighted by Gasteiger charge is 2.31. The largest absolute Gasteiger partial charge is 0.444 e. The summed E-state index contributed by atoms with van der Waals surface area (Å²) >= 11 is 0. The Morgan fingerprint density at radius 3 is 2.74 bits per heavy atom. The van der Waals surface area contributed by atoms with Crippen molar-refractivity contribution >= 4 is 6.09 Å². The molecule has 1 fully saturated rings. The Morgan fingerprint density at radius 2 is 2.11 bits per heavy atom. The zero-order valence-corrected chi connectivity index (χ0v) is 12.3. The summed E-state index contributed by atoms with van der Waals surface area (Å²) in [6.07, 6.45) is -0.309. The Morgan fingerprint density at radius 1 is 1.37 bits per heavy atom. The third kappa shape index (κ3) is 6.22. The Bertz CT molecular complexity index is 277. The van der Waals surface area contributed by atoms with Crippen LogP contribution in [0.1, 0.15) is 20.8 Å². The average Bonchev–Trinajstić information content (AvgIpc) is 2.33. The second-order valence-corrected chi connectivity index (χ2v) is 5.47. The zero-order valence-electron chi connectivity index (χ0n) is 12.3. The highest BCUT2D eigenvalue weighted by atomic mass is 16.6. The fourth-order valence-electron chi connectivity index (χ4n) is 1.72. The molecular formula is C13H25NO5. The lowest BCUT2D eigenvalue weighted by molar-refractivity contribution is -0.0578. The van der Waals surface area contributed by atoms with Crippen molar-refractivity contribution in [1.29, 1.82) is 0 Å². The van der Waals surface area contributed by atoms with Gasteiger partial charge in [-0.1, -0.05) is 0 Å². The predicted octanol–water partition coefficient (Wildman–Crippen LogP) is 1.29. The first kappa shape index (κ1) is 16.2. The lowest BCUT2D eigenvalue weighted by Crippen LogP contribution is -2.52. The van der Waals surface area contributed by atoms with Crippen LogP contribution in [0.3, 0.4) is 0 Å². The van der Waals surface area contributed by atoms with Crippen LogP contribution in [0.15, 0.2) is 0 Å². The molecule has 1 atom stereocenters. The maximum absolute atomic E-state index is 12.1. The van der Waals surface area contributed by atoms with E-state index in [1.165, 1.54) is 0 Å². The molecule has 1 unspecified atom stereocenters. The van der Waals surface area contributed by atoms with Crippen molar-refractivity contribution in [1.82, 2.24) is 4.90 Å². The van der Waals surface area contributed by atoms with E-state index in [2.05, 4.69) is 0 Å². The number of ether oxygens (including phenoxy) is 4. The van der Waals surface area contributed by atoms with Crippen LogP contribution in [0.25, 0.3) is 0 Å². The summed E-state index contributed by atoms with van der Waals surface area (Å²) in [5.41, 5.74) is -0.489. The summed E-state index contributed by atoms with van der Waals surface area (Å²) in [7, 11) is 1.63. The van der Waals surface area contributed by atoms with Crippen molar-refractivity contribution in [3.63, 3.8) is 0 Å². The smallest absolute Gasteiger partial charge is 0.410 e. The van der Waals surface area contributed by atoms with Gasteiger partial charge in [-0.2, -0.15) is 0 Å². The van der Waals surface area contributed by atoms with Gasteiger partial charge in [0, 0.05) is 13.7 Å². The van der Waals surface area contributed by atoms with E-state index < -0.39 is 5.60 Å². The van der Waals surface area contributed by atoms with E-state index in [4.69, 9.17) is 18.9 Å². The number of amides is 1. The maximum atomic E-state index is 12.1. The molecule has 0 radical (unpaired) electrons. The van der Waals surface area contributed by atoms with Gasteiger partial charge in [-0.25, -0.2) is 4.79 Å². The van der Waals surface area contributed by atoms with Crippen LogP contribution in [0.2, 0.25) is 0 Å². The van der Waals surface area contributed by atoms with Crippen molar-refractivity contribution in [2.45, 2.75) is 32.4 Å². The number of morpholine rings is 1. The SMILES string of the molecule is COCCOCC1COCCN1C(=O)OC(C)(C)C. The predicted molar refractivity (Wildman–Crippen MR) is 70.2 cm³/mol. The first-order valence-electron chi connectivity index (χ1n) is 6.58. The first-order valence-corrected chi connectivity index (χ1v) is 6.58. The summed E-state index contributed by atoms with van der Waals surface area (Å²) in [4.78, 5) is 13.8. The second-order valence-electron chi connectivity index (χ2n) is 5.47. The molecule has 0 bridgehead atoms. The van der Waals surface area contributed by atoms with Gasteiger partial charge in [0.2, 0.25) is 0 Å². The van der Waals surface area contributed by atoms with Gasteiger partial charge in [-0.05, 0) is 20.8 Å². The minimum absolute atomic E-state index is 0.0968. The Labute approximate surface area is 114 Å². The van der Waals surface area contributed by atoms with E-state index in [1.807, 2.05) is 20.8 Å². The van der Waals surface area contributed by atoms with Gasteiger partial charge in [-0.3, -0.25) is 4.90 Å². The number of carbonyl (C=O) groups excluding carboxylic acids is 1. The lowest BCUT2D eigenvalue weighted by atomic mass is 10.2. The molecule has 1 aliphatic rings. The minimum atomic E-state index is -0.489. The second kappa shape index (κ2) is 7.67. The van der Waals surface area contributed by atoms with Gasteiger partial charge < -0.3 is 18.9 Å². The molecule has 0 aromatic carbocycles. The quantitative estimate of drug-likeness (QED) is 0.708. The number of methoxy groups -OCH3 is 1. The summed E-state index contributed by atoms with van der Waals surface area (Å²) in [6, 6.07) is -0.0968. The van der Waals surface area contributed by atoms with Crippen LogP contribution < -0.4 is 0 Å². The fourth-order valence-corrected chi connectivity index (χ4v) is 1.72. The van der Waals surface area contributed by atoms with E-state index >= 15 is 0 Å². The lowest BCUT2D eigenvalue weighted by Gasteiger charge is -2.36. The van der Waals surface area contributed by atoms with Crippen LogP contribution in [0.4, 0.5) is 4.79 Å². The fraction of sp³-hybridized carbons (Fsp3) is 0.923. The van der Waals surface area contributed by atoms with Crippen LogP contribution in [-0.4, -0.2) is 69.3 Å². The van der Waals surface area contributed by atoms with Gasteiger partial charge in [0.15, 0.2) is 0 Å². The van der Waals surface area contributed by atoms with Gasteiger partial charge in [-0.15, -0.1) is 0 Å². The zero-order chi connectivity index (χ0) is 14.3. The number of nitrogens with zero attached hydrogens (tertiary/aromatic N) is 1. The summed E-state index contributed by atoms with van der Waals surface area (Å²) in [6.45, 7) is 8.60. The number of rotatable bonds is 5. The van der Waals surface area contributed by atoms with Gasteiger partial charge in [0.25, 0.3) is 0 Å². The first-order chi connectivity index (χ1) is 8.94. The summed E-state index contributed by atoms with van der Waals surface area (Å²) < 4.78 is 21.2. The molecule has 6 heteroatoms. The van der Waals surface area contributed by atoms with Crippen molar-refractivity contribution in [3.8, 4) is 0 Å². The van der Waals surface area contributed by atoms with Gasteiger partial charge >= 0.3 is 6.09 Å². The molecule has 0 aliphatic carbocycles. The summed E-state index contributed by atoms with van der Waals surface area (Å²) in [5, 5.41) is 0. The minimum Gasteiger partial charge on any atom is -0.444 e. The van der Waals surface area contributed by atoms with E-state index in [0.29, 0.717) is 39.6 Å². The van der Waals surface area contributed by atoms with Gasteiger partial charge in [0.05, 0.1) is 39.1 Å². The monoisotopic (exact) mass is 275 g/mol. The molecule has 1 saturated heterocycles. The molecule has 0 saturated carbocycles. The number of hydrogen-bond acceptors (Lipinski definition) is 5. The van der Waals surface area contributed by atoms with Crippen LogP contribution in [0.5, 0.6) is 0 Å². The molecule has 1 heterocycles. The summed E-state index contributed by atoms with van der Waals surface area (Å²) in [5.74, 6) is 0. The molecule has 0 aromatic rings. The van der Waals surface area contributed by atoms with Gasteiger partial charge in [0.1, 0.15) is 5.60 Å². The van der Waals surface area contributed by atoms with Crippen LogP contribution in [-0.2, 0) is 18.9 Å². The molecule has 0 aromatic heterocycles. The molecule has 1 rings (SSSR count). The molecule has 0 N–H and O–H groups in total. The average molecular weight is 275 g/mol. The van der Waals surface area contributed by atoms with E-state index in [0.717, 1.165) is 0 Å². The Balaban J connectivity index is 2.45. The van der Waals surface area contributed by atoms with E-state index in [-0.39, 0.29) is 12.1 Å². The third-order valence-corrected chi connectivity index (χ3v) is 2.60. The number of hydrogen-bond donors (Lipinski definition) is 0. The normalized spacial score (nSPS) is 20.4. The molecule has 1 amide bonds. The molecular weight excluding hydrogens is 250 g/mol. The molecule has 112 valence electrons. The maximum Gasteiger partial charge on any atom is 0.410 e. The van der Waals surface area contributed by atoms with Crippen LogP contribution in [0, 0.1) is 0 Å². The van der Waals surface area contributed by atoms with E-state index in [1.54, 1.807) is 12.0 Å². The molecule has 0 spiro atoms. The van der Waals surface area contributed by atoms with Crippen molar-refractivity contribution < 1.29 is 23.7 Å². The van der Waals surface area contributed by atoms with Crippen molar-refractivity contribution in [2.75, 3.05) is 46.7 Å². The highest BCUT2D eigenvalue weighted by molar-refractivity contribution is 5.68. The highest BCUT2D eigenvalue weighted by Crippen LogP contribution is 2.14. The van der Waals surface area contributed by atoms with Crippen LogP contribution >= 0.6 is 0 Å². The van der Waals surface area contributed by atoms with Crippen molar-refractivity contribution in [3.05, 3.63) is 0 Å². The van der Waals surface area contributed by atoms with Crippen molar-refractivity contribution in [2.24, 2.45) is 0 Å².